The summed E-state index contributed by atoms with van der Waals surface area (Å²) in [6.45, 7) is 3.45. The van der Waals surface area contributed by atoms with Gasteiger partial charge in [-0.2, -0.15) is 0 Å². The summed E-state index contributed by atoms with van der Waals surface area (Å²) in [7, 11) is 0. The number of hydrogen-bond donors (Lipinski definition) is 15. The van der Waals surface area contributed by atoms with Crippen LogP contribution in [0.3, 0.4) is 0 Å². The first-order valence-corrected chi connectivity index (χ1v) is 28.2. The summed E-state index contributed by atoms with van der Waals surface area (Å²) in [5.74, 6) is -1.62. The van der Waals surface area contributed by atoms with Crippen LogP contribution < -0.4 is 16.0 Å². The quantitative estimate of drug-likeness (QED) is 0.0252. The molecule has 33 heteroatoms. The van der Waals surface area contributed by atoms with Crippen molar-refractivity contribution in [2.24, 2.45) is 11.3 Å². The van der Waals surface area contributed by atoms with Gasteiger partial charge in [0, 0.05) is 50.2 Å². The number of aliphatic hydroxyl groups is 12. The van der Waals surface area contributed by atoms with E-state index in [4.69, 9.17) is 71.1 Å². The fourth-order valence-electron chi connectivity index (χ4n) is 8.04. The van der Waals surface area contributed by atoms with Crippen molar-refractivity contribution in [3.05, 3.63) is 0 Å². The van der Waals surface area contributed by atoms with E-state index in [9.17, 15) is 75.7 Å². The van der Waals surface area contributed by atoms with Crippen molar-refractivity contribution >= 4 is 17.7 Å². The highest BCUT2D eigenvalue weighted by Gasteiger charge is 2.45. The fraction of sp³-hybridized carbons (Fsp3) is 0.941. The highest BCUT2D eigenvalue weighted by Crippen LogP contribution is 2.24. The Labute approximate surface area is 487 Å². The first-order chi connectivity index (χ1) is 40.5. The lowest BCUT2D eigenvalue weighted by Gasteiger charge is -2.39. The Kier molecular flexibility index (Phi) is 40.2. The molecule has 16 atom stereocenters. The predicted molar refractivity (Wildman–Crippen MR) is 282 cm³/mol. The van der Waals surface area contributed by atoms with Crippen LogP contribution in [0.25, 0.3) is 0 Å². The minimum absolute atomic E-state index is 0.00869. The molecule has 0 saturated carbocycles. The van der Waals surface area contributed by atoms with Crippen LogP contribution in [0, 0.1) is 11.3 Å². The van der Waals surface area contributed by atoms with Gasteiger partial charge in [-0.05, 0) is 0 Å². The Morgan fingerprint density at radius 1 is 0.381 bits per heavy atom. The number of hydrogen-bond acceptors (Lipinski definition) is 30. The molecule has 0 bridgehead atoms. The van der Waals surface area contributed by atoms with Crippen molar-refractivity contribution in [3.63, 3.8) is 0 Å². The van der Waals surface area contributed by atoms with Crippen molar-refractivity contribution in [3.8, 4) is 0 Å². The zero-order valence-corrected chi connectivity index (χ0v) is 47.8. The molecule has 9 unspecified atom stereocenters. The lowest BCUT2D eigenvalue weighted by atomic mass is 9.94. The van der Waals surface area contributed by atoms with Crippen molar-refractivity contribution in [1.82, 2.24) is 16.0 Å². The molecule has 0 aliphatic carbocycles. The molecule has 3 saturated heterocycles. The molecular weight excluding hydrogens is 1130 g/mol. The topological polar surface area (TPSA) is 469 Å². The zero-order chi connectivity index (χ0) is 61.5. The Hall–Kier alpha value is -2.67. The van der Waals surface area contributed by atoms with Crippen LogP contribution in [0.2, 0.25) is 0 Å². The highest BCUT2D eigenvalue weighted by atomic mass is 16.7. The van der Waals surface area contributed by atoms with Crippen LogP contribution >= 0.6 is 0 Å². The van der Waals surface area contributed by atoms with Gasteiger partial charge in [0.2, 0.25) is 17.7 Å². The van der Waals surface area contributed by atoms with Gasteiger partial charge in [-0.3, -0.25) is 14.4 Å². The minimum atomic E-state index is -1.56. The molecule has 0 aromatic rings. The number of aliphatic hydroxyl groups excluding tert-OH is 12. The monoisotopic (exact) mass is 1230 g/mol. The average molecular weight is 1230 g/mol. The van der Waals surface area contributed by atoms with E-state index in [1.807, 2.05) is 6.92 Å². The fourth-order valence-corrected chi connectivity index (χ4v) is 8.04. The van der Waals surface area contributed by atoms with Gasteiger partial charge < -0.3 is 148 Å². The van der Waals surface area contributed by atoms with Gasteiger partial charge in [0.15, 0.2) is 18.9 Å². The van der Waals surface area contributed by atoms with Crippen LogP contribution in [0.4, 0.5) is 0 Å². The van der Waals surface area contributed by atoms with Gasteiger partial charge >= 0.3 is 0 Å². The van der Waals surface area contributed by atoms with Gasteiger partial charge in [0.25, 0.3) is 0 Å². The molecule has 3 rings (SSSR count). The summed E-state index contributed by atoms with van der Waals surface area (Å²) >= 11 is 0. The first-order valence-electron chi connectivity index (χ1n) is 28.2. The summed E-state index contributed by atoms with van der Waals surface area (Å²) in [6.07, 6.45) is -19.3. The van der Waals surface area contributed by atoms with Crippen LogP contribution in [0.1, 0.15) is 26.2 Å². The van der Waals surface area contributed by atoms with E-state index in [2.05, 4.69) is 16.0 Å². The van der Waals surface area contributed by atoms with Crippen LogP contribution in [0.15, 0.2) is 0 Å². The van der Waals surface area contributed by atoms with E-state index >= 15 is 0 Å². The van der Waals surface area contributed by atoms with E-state index in [1.165, 1.54) is 0 Å². The maximum atomic E-state index is 12.5. The number of rotatable bonds is 48. The van der Waals surface area contributed by atoms with E-state index < -0.39 is 117 Å². The Balaban J connectivity index is 1.26. The summed E-state index contributed by atoms with van der Waals surface area (Å²) in [6, 6.07) is 0. The Morgan fingerprint density at radius 3 is 1.04 bits per heavy atom. The normalized spacial score (nSPS) is 29.0. The van der Waals surface area contributed by atoms with Gasteiger partial charge in [-0.15, -0.1) is 0 Å². The molecule has 3 amide bonds. The molecule has 0 spiro atoms. The van der Waals surface area contributed by atoms with Crippen LogP contribution in [-0.2, 0) is 85.4 Å². The van der Waals surface area contributed by atoms with Crippen molar-refractivity contribution in [2.75, 3.05) is 185 Å². The second kappa shape index (κ2) is 44.7. The molecule has 15 N–H and O–H groups in total. The molecule has 3 aliphatic rings. The summed E-state index contributed by atoms with van der Waals surface area (Å²) < 4.78 is 82.4. The standard InChI is InChI=1S/C51H95N3O30/c1-51(31-77-9-3-37(59)53-6-12-71-15-18-74-21-24-80-49-46(68)43(65)40(62)34(27-56)83-49,32-78-10-4-38(60)54-7-13-72-16-19-75-22-25-81-50-47(69)44(66)41(63)35(28-57)84-50)30-76-8-2-36(58)52-5-11-70-14-17-73-20-23-79-48-45(67)42(64)39(61)33(26-55)29-82-48/h33-35,39-50,55-57,61-69H,2-32H2,1H3,(H,52,58)(H,53,59)(H,54,60)/t33?,34?,35?,39-,40-,41-,42?,43?,44?,45?,46-,47?,48+,49+,50+,51?/m1/s1. The van der Waals surface area contributed by atoms with Gasteiger partial charge in [-0.1, -0.05) is 6.92 Å². The Morgan fingerprint density at radius 2 is 0.690 bits per heavy atom. The number of nitrogens with one attached hydrogen (secondary N) is 3. The predicted octanol–water partition coefficient (Wildman–Crippen LogP) is -8.64. The molecule has 33 nitrogen and oxygen atoms in total. The molecule has 3 aliphatic heterocycles. The zero-order valence-electron chi connectivity index (χ0n) is 47.8. The molecule has 3 fully saturated rings. The lowest BCUT2D eigenvalue weighted by molar-refractivity contribution is -0.302. The van der Waals surface area contributed by atoms with Gasteiger partial charge in [0.05, 0.1) is 171 Å². The van der Waals surface area contributed by atoms with Crippen LogP contribution in [-0.4, -0.2) is 350 Å². The van der Waals surface area contributed by atoms with Crippen molar-refractivity contribution in [2.45, 2.75) is 112 Å². The van der Waals surface area contributed by atoms with Gasteiger partial charge in [-0.25, -0.2) is 0 Å². The maximum absolute atomic E-state index is 12.5. The van der Waals surface area contributed by atoms with E-state index in [0.717, 1.165) is 0 Å². The molecular formula is C51H95N3O30. The van der Waals surface area contributed by atoms with E-state index in [0.29, 0.717) is 0 Å². The third-order valence-electron chi connectivity index (χ3n) is 13.0. The summed E-state index contributed by atoms with van der Waals surface area (Å²) in [4.78, 5) is 37.5. The third kappa shape index (κ3) is 30.0. The SMILES string of the molecule is CC(COCCC(=O)NCCOCCOCCO[C@H]1OCC(CO)[C@@H](O)C(O)C1O)(COCCC(=O)NCCOCCOCCO[C@H]1OC(CO)[C@@H](O)C(O)C1O)COCCC(=O)NCCOCCOCCO[C@H]1OC(CO)[C@@H](O)C(O)[C@H]1O. The third-order valence-corrected chi connectivity index (χ3v) is 13.0. The molecule has 0 radical (unpaired) electrons. The Bertz CT molecular complexity index is 1630. The summed E-state index contributed by atoms with van der Waals surface area (Å²) in [5.41, 5.74) is -0.754. The molecule has 0 aromatic carbocycles. The second-order valence-corrected chi connectivity index (χ2v) is 20.1. The molecule has 84 heavy (non-hydrogen) atoms. The maximum Gasteiger partial charge on any atom is 0.222 e. The number of amides is 3. The van der Waals surface area contributed by atoms with Crippen LogP contribution in [0.5, 0.6) is 0 Å². The lowest BCUT2D eigenvalue weighted by Crippen LogP contribution is -2.59. The average Bonchev–Trinajstić information content (AvgIpc) is 3.67. The summed E-state index contributed by atoms with van der Waals surface area (Å²) in [5, 5.41) is 126. The highest BCUT2D eigenvalue weighted by molar-refractivity contribution is 5.76. The number of carbonyl (C=O) groups is 3. The minimum Gasteiger partial charge on any atom is -0.396 e. The van der Waals surface area contributed by atoms with Crippen molar-refractivity contribution in [1.29, 1.82) is 0 Å². The number of carbonyl (C=O) groups excluding carboxylic acids is 3. The van der Waals surface area contributed by atoms with Crippen molar-refractivity contribution < 1.29 is 147 Å². The second-order valence-electron chi connectivity index (χ2n) is 20.1. The first kappa shape index (κ1) is 75.6. The molecule has 0 aromatic heterocycles. The largest absolute Gasteiger partial charge is 0.396 e. The van der Waals surface area contributed by atoms with Gasteiger partial charge in [0.1, 0.15) is 61.0 Å². The van der Waals surface area contributed by atoms with E-state index in [-0.39, 0.29) is 202 Å². The smallest absolute Gasteiger partial charge is 0.222 e. The molecule has 3 heterocycles. The van der Waals surface area contributed by atoms with E-state index in [1.54, 1.807) is 0 Å². The molecule has 494 valence electrons. The number of ether oxygens (including phenoxy) is 15.